The van der Waals surface area contributed by atoms with Crippen molar-refractivity contribution >= 4 is 17.5 Å². The average Bonchev–Trinajstić information content (AvgIpc) is 2.45. The van der Waals surface area contributed by atoms with Crippen LogP contribution in [0.25, 0.3) is 0 Å². The number of halogens is 1. The van der Waals surface area contributed by atoms with Gasteiger partial charge in [-0.05, 0) is 29.7 Å². The summed E-state index contributed by atoms with van der Waals surface area (Å²) in [6.07, 6.45) is 0. The van der Waals surface area contributed by atoms with Crippen LogP contribution in [0, 0.1) is 0 Å². The summed E-state index contributed by atoms with van der Waals surface area (Å²) < 4.78 is 0. The van der Waals surface area contributed by atoms with E-state index < -0.39 is 0 Å². The van der Waals surface area contributed by atoms with E-state index in [9.17, 15) is 9.90 Å². The Labute approximate surface area is 123 Å². The molecule has 0 aromatic heterocycles. The second-order valence-corrected chi connectivity index (χ2v) is 5.12. The highest BCUT2D eigenvalue weighted by Crippen LogP contribution is 2.22. The van der Waals surface area contributed by atoms with E-state index in [1.165, 1.54) is 12.1 Å². The highest BCUT2D eigenvalue weighted by molar-refractivity contribution is 6.30. The number of carbonyl (C=O) groups excluding carboxylic acids is 1. The number of hydrogen-bond acceptors (Lipinski definition) is 2. The van der Waals surface area contributed by atoms with Gasteiger partial charge >= 0.3 is 0 Å². The number of phenols is 1. The number of amides is 1. The highest BCUT2D eigenvalue weighted by atomic mass is 35.5. The summed E-state index contributed by atoms with van der Waals surface area (Å²) in [5.41, 5.74) is 1.39. The Balaban J connectivity index is 1.99. The van der Waals surface area contributed by atoms with E-state index >= 15 is 0 Å². The third-order valence-electron chi connectivity index (χ3n) is 3.14. The molecule has 2 aromatic carbocycles. The molecule has 0 fully saturated rings. The number of benzene rings is 2. The van der Waals surface area contributed by atoms with Crippen LogP contribution >= 0.6 is 11.6 Å². The monoisotopic (exact) mass is 289 g/mol. The van der Waals surface area contributed by atoms with Crippen molar-refractivity contribution in [1.82, 2.24) is 5.32 Å². The molecule has 0 aliphatic carbocycles. The molecule has 4 heteroatoms. The summed E-state index contributed by atoms with van der Waals surface area (Å²) >= 11 is 5.74. The van der Waals surface area contributed by atoms with Crippen molar-refractivity contribution in [3.63, 3.8) is 0 Å². The molecule has 0 saturated carbocycles. The molecule has 0 heterocycles. The minimum absolute atomic E-state index is 0.109. The van der Waals surface area contributed by atoms with Crippen molar-refractivity contribution in [2.24, 2.45) is 0 Å². The number of aromatic hydroxyl groups is 1. The van der Waals surface area contributed by atoms with Crippen LogP contribution in [0.1, 0.15) is 28.8 Å². The molecule has 2 rings (SSSR count). The number of nitrogens with one attached hydrogen (secondary N) is 1. The van der Waals surface area contributed by atoms with Gasteiger partial charge in [0.1, 0.15) is 5.75 Å². The number of carbonyl (C=O) groups is 1. The Morgan fingerprint density at radius 1 is 1.25 bits per heavy atom. The van der Waals surface area contributed by atoms with Crippen molar-refractivity contribution in [2.75, 3.05) is 6.54 Å². The van der Waals surface area contributed by atoms with E-state index in [4.69, 9.17) is 11.6 Å². The van der Waals surface area contributed by atoms with E-state index in [1.54, 1.807) is 6.07 Å². The molecule has 1 unspecified atom stereocenters. The van der Waals surface area contributed by atoms with Crippen LogP contribution in [0.2, 0.25) is 5.02 Å². The molecule has 0 spiro atoms. The van der Waals surface area contributed by atoms with Crippen LogP contribution in [0.3, 0.4) is 0 Å². The maximum absolute atomic E-state index is 12.0. The van der Waals surface area contributed by atoms with Crippen molar-refractivity contribution in [3.05, 3.63) is 64.7 Å². The summed E-state index contributed by atoms with van der Waals surface area (Å²) in [5, 5.41) is 12.9. The molecule has 2 aromatic rings. The molecule has 1 amide bonds. The Hall–Kier alpha value is -2.00. The highest BCUT2D eigenvalue weighted by Gasteiger charge is 2.13. The second-order valence-electron chi connectivity index (χ2n) is 4.68. The molecule has 0 aliphatic heterocycles. The largest absolute Gasteiger partial charge is 0.507 e. The molecular weight excluding hydrogens is 274 g/mol. The van der Waals surface area contributed by atoms with E-state index in [1.807, 2.05) is 37.3 Å². The van der Waals surface area contributed by atoms with Crippen molar-refractivity contribution in [3.8, 4) is 5.75 Å². The third kappa shape index (κ3) is 3.52. The van der Waals surface area contributed by atoms with E-state index in [0.29, 0.717) is 11.6 Å². The molecule has 0 aliphatic rings. The maximum Gasteiger partial charge on any atom is 0.255 e. The Bertz CT molecular complexity index is 599. The third-order valence-corrected chi connectivity index (χ3v) is 3.38. The SMILES string of the molecule is CC(CNC(=O)c1ccc(Cl)cc1O)c1ccccc1. The predicted octanol–water partition coefficient (Wildman–Crippen LogP) is 3.58. The van der Waals surface area contributed by atoms with Gasteiger partial charge in [-0.15, -0.1) is 0 Å². The summed E-state index contributed by atoms with van der Waals surface area (Å²) in [5.74, 6) is -0.209. The Morgan fingerprint density at radius 2 is 1.95 bits per heavy atom. The first-order valence-electron chi connectivity index (χ1n) is 6.39. The van der Waals surface area contributed by atoms with Crippen molar-refractivity contribution in [2.45, 2.75) is 12.8 Å². The Kier molecular flexibility index (Phi) is 4.64. The van der Waals surface area contributed by atoms with E-state index in [0.717, 1.165) is 5.56 Å². The van der Waals surface area contributed by atoms with Crippen LogP contribution in [0.15, 0.2) is 48.5 Å². The standard InChI is InChI=1S/C16H16ClNO2/c1-11(12-5-3-2-4-6-12)10-18-16(20)14-8-7-13(17)9-15(14)19/h2-9,11,19H,10H2,1H3,(H,18,20). The normalized spacial score (nSPS) is 11.9. The Morgan fingerprint density at radius 3 is 2.60 bits per heavy atom. The first-order chi connectivity index (χ1) is 9.58. The lowest BCUT2D eigenvalue weighted by molar-refractivity contribution is 0.0949. The number of phenolic OH excluding ortho intramolecular Hbond substituents is 1. The van der Waals surface area contributed by atoms with Crippen LogP contribution in [0.5, 0.6) is 5.75 Å². The van der Waals surface area contributed by atoms with Gasteiger partial charge in [-0.3, -0.25) is 4.79 Å². The molecule has 104 valence electrons. The van der Waals surface area contributed by atoms with Crippen LogP contribution in [-0.4, -0.2) is 17.6 Å². The molecule has 1 atom stereocenters. The van der Waals surface area contributed by atoms with Gasteiger partial charge in [0, 0.05) is 11.6 Å². The fraction of sp³-hybridized carbons (Fsp3) is 0.188. The van der Waals surface area contributed by atoms with Gasteiger partial charge in [-0.1, -0.05) is 48.9 Å². The van der Waals surface area contributed by atoms with E-state index in [-0.39, 0.29) is 23.1 Å². The summed E-state index contributed by atoms with van der Waals surface area (Å²) in [4.78, 5) is 12.0. The zero-order chi connectivity index (χ0) is 14.5. The van der Waals surface area contributed by atoms with Gasteiger partial charge in [-0.25, -0.2) is 0 Å². The first kappa shape index (κ1) is 14.4. The minimum atomic E-state index is -0.304. The topological polar surface area (TPSA) is 49.3 Å². The van der Waals surface area contributed by atoms with Gasteiger partial charge < -0.3 is 10.4 Å². The van der Waals surface area contributed by atoms with Gasteiger partial charge in [0.25, 0.3) is 5.91 Å². The van der Waals surface area contributed by atoms with Crippen molar-refractivity contribution in [1.29, 1.82) is 0 Å². The quantitative estimate of drug-likeness (QED) is 0.904. The van der Waals surface area contributed by atoms with Gasteiger partial charge in [0.15, 0.2) is 0 Å². The zero-order valence-corrected chi connectivity index (χ0v) is 11.9. The lowest BCUT2D eigenvalue weighted by atomic mass is 10.0. The molecule has 2 N–H and O–H groups in total. The summed E-state index contributed by atoms with van der Waals surface area (Å²) in [6.45, 7) is 2.54. The molecule has 0 bridgehead atoms. The summed E-state index contributed by atoms with van der Waals surface area (Å²) in [7, 11) is 0. The summed E-state index contributed by atoms with van der Waals surface area (Å²) in [6, 6.07) is 14.4. The minimum Gasteiger partial charge on any atom is -0.507 e. The lowest BCUT2D eigenvalue weighted by Gasteiger charge is -2.13. The lowest BCUT2D eigenvalue weighted by Crippen LogP contribution is -2.27. The van der Waals surface area contributed by atoms with Gasteiger partial charge in [0.2, 0.25) is 0 Å². The first-order valence-corrected chi connectivity index (χ1v) is 6.77. The predicted molar refractivity (Wildman–Crippen MR) is 80.3 cm³/mol. The van der Waals surface area contributed by atoms with Crippen LogP contribution in [-0.2, 0) is 0 Å². The second kappa shape index (κ2) is 6.44. The molecule has 0 radical (unpaired) electrons. The average molecular weight is 290 g/mol. The fourth-order valence-corrected chi connectivity index (χ4v) is 2.10. The van der Waals surface area contributed by atoms with Crippen LogP contribution in [0.4, 0.5) is 0 Å². The molecule has 0 saturated heterocycles. The maximum atomic E-state index is 12.0. The van der Waals surface area contributed by atoms with Gasteiger partial charge in [0.05, 0.1) is 5.56 Å². The zero-order valence-electron chi connectivity index (χ0n) is 11.1. The number of rotatable bonds is 4. The molecule has 3 nitrogen and oxygen atoms in total. The smallest absolute Gasteiger partial charge is 0.255 e. The van der Waals surface area contributed by atoms with Crippen LogP contribution < -0.4 is 5.32 Å². The number of hydrogen-bond donors (Lipinski definition) is 2. The molecule has 20 heavy (non-hydrogen) atoms. The van der Waals surface area contributed by atoms with Crippen molar-refractivity contribution < 1.29 is 9.90 Å². The van der Waals surface area contributed by atoms with E-state index in [2.05, 4.69) is 5.32 Å². The fourth-order valence-electron chi connectivity index (χ4n) is 1.94. The van der Waals surface area contributed by atoms with Gasteiger partial charge in [-0.2, -0.15) is 0 Å². The molecular formula is C16H16ClNO2.